The van der Waals surface area contributed by atoms with E-state index in [0.717, 1.165) is 12.8 Å². The van der Waals surface area contributed by atoms with Gasteiger partial charge >= 0.3 is 11.9 Å². The lowest BCUT2D eigenvalue weighted by Gasteiger charge is -2.27. The largest absolute Gasteiger partial charge is 0.484 e. The standard InChI is InChI=1S/C22H26N2O8/c1-3-30-22(29)19-12(2)32-17-9-8-13(10-16(17)19)31-11-18(25)23-24-20(26)14-6-4-5-7-15(14)21(27)28/h8-10,14-15H,3-7,11H2,1-2H3,(H,23,25)(H,24,26)(H,27,28)/t14-,15+/m1/s1. The zero-order valence-corrected chi connectivity index (χ0v) is 17.9. The molecule has 172 valence electrons. The lowest BCUT2D eigenvalue weighted by Crippen LogP contribution is -2.49. The van der Waals surface area contributed by atoms with E-state index < -0.39 is 42.2 Å². The minimum Gasteiger partial charge on any atom is -0.484 e. The van der Waals surface area contributed by atoms with Crippen molar-refractivity contribution < 1.29 is 38.2 Å². The molecular formula is C22H26N2O8. The van der Waals surface area contributed by atoms with Crippen molar-refractivity contribution in [2.45, 2.75) is 39.5 Å². The Balaban J connectivity index is 1.57. The third-order valence-electron chi connectivity index (χ3n) is 5.43. The van der Waals surface area contributed by atoms with Crippen LogP contribution in [0, 0.1) is 18.8 Å². The summed E-state index contributed by atoms with van der Waals surface area (Å²) in [5.41, 5.74) is 5.31. The van der Waals surface area contributed by atoms with Gasteiger partial charge in [-0.25, -0.2) is 4.79 Å². The van der Waals surface area contributed by atoms with Gasteiger partial charge in [-0.2, -0.15) is 0 Å². The van der Waals surface area contributed by atoms with E-state index in [-0.39, 0.29) is 6.61 Å². The van der Waals surface area contributed by atoms with Crippen LogP contribution in [-0.4, -0.2) is 42.1 Å². The monoisotopic (exact) mass is 446 g/mol. The molecule has 1 fully saturated rings. The maximum absolute atomic E-state index is 12.3. The molecule has 3 N–H and O–H groups in total. The molecule has 2 amide bonds. The fourth-order valence-electron chi connectivity index (χ4n) is 3.90. The summed E-state index contributed by atoms with van der Waals surface area (Å²) in [5.74, 6) is -3.36. The summed E-state index contributed by atoms with van der Waals surface area (Å²) >= 11 is 0. The highest BCUT2D eigenvalue weighted by Gasteiger charge is 2.35. The number of hydrazine groups is 1. The number of fused-ring (bicyclic) bond motifs is 1. The molecule has 0 unspecified atom stereocenters. The van der Waals surface area contributed by atoms with E-state index in [9.17, 15) is 24.3 Å². The molecule has 1 aromatic heterocycles. The van der Waals surface area contributed by atoms with Crippen LogP contribution in [0.4, 0.5) is 0 Å². The Labute approximate surface area is 184 Å². The number of benzene rings is 1. The van der Waals surface area contributed by atoms with Crippen LogP contribution in [0.5, 0.6) is 5.75 Å². The topological polar surface area (TPSA) is 144 Å². The lowest BCUT2D eigenvalue weighted by molar-refractivity contribution is -0.149. The number of rotatable bonds is 7. The summed E-state index contributed by atoms with van der Waals surface area (Å²) in [6.07, 6.45) is 2.43. The highest BCUT2D eigenvalue weighted by molar-refractivity contribution is 6.04. The van der Waals surface area contributed by atoms with Crippen LogP contribution in [0.25, 0.3) is 11.0 Å². The minimum absolute atomic E-state index is 0.223. The van der Waals surface area contributed by atoms with Crippen LogP contribution in [0.2, 0.25) is 0 Å². The molecule has 1 aliphatic rings. The molecular weight excluding hydrogens is 420 g/mol. The van der Waals surface area contributed by atoms with Crippen molar-refractivity contribution in [3.05, 3.63) is 29.5 Å². The molecule has 10 nitrogen and oxygen atoms in total. The summed E-state index contributed by atoms with van der Waals surface area (Å²) in [4.78, 5) is 47.9. The Hall–Kier alpha value is -3.56. The first kappa shape index (κ1) is 23.1. The number of esters is 1. The highest BCUT2D eigenvalue weighted by atomic mass is 16.5. The SMILES string of the molecule is CCOC(=O)c1c(C)oc2ccc(OCC(=O)NNC(=O)[C@@H]3CCCC[C@@H]3C(=O)O)cc12. The summed E-state index contributed by atoms with van der Waals surface area (Å²) in [7, 11) is 0. The fraction of sp³-hybridized carbons (Fsp3) is 0.455. The second-order valence-electron chi connectivity index (χ2n) is 7.57. The van der Waals surface area contributed by atoms with Crippen molar-refractivity contribution in [2.24, 2.45) is 11.8 Å². The zero-order valence-electron chi connectivity index (χ0n) is 17.9. The molecule has 2 aromatic rings. The lowest BCUT2D eigenvalue weighted by atomic mass is 9.79. The summed E-state index contributed by atoms with van der Waals surface area (Å²) in [5, 5.41) is 9.79. The van der Waals surface area contributed by atoms with Crippen LogP contribution in [0.15, 0.2) is 22.6 Å². The Morgan fingerprint density at radius 1 is 1.12 bits per heavy atom. The van der Waals surface area contributed by atoms with Crippen LogP contribution in [0.1, 0.15) is 48.7 Å². The number of carboxylic acids is 1. The number of hydrogen-bond acceptors (Lipinski definition) is 7. The summed E-state index contributed by atoms with van der Waals surface area (Å²) in [6, 6.07) is 4.78. The van der Waals surface area contributed by atoms with Crippen LogP contribution >= 0.6 is 0 Å². The number of aliphatic carboxylic acids is 1. The van der Waals surface area contributed by atoms with Gasteiger partial charge in [0.1, 0.15) is 22.7 Å². The van der Waals surface area contributed by atoms with Crippen molar-refractivity contribution in [3.8, 4) is 5.75 Å². The second kappa shape index (κ2) is 10.2. The molecule has 0 radical (unpaired) electrons. The molecule has 10 heteroatoms. The number of carboxylic acid groups (broad SMARTS) is 1. The van der Waals surface area contributed by atoms with E-state index in [2.05, 4.69) is 10.9 Å². The Morgan fingerprint density at radius 3 is 2.53 bits per heavy atom. The maximum Gasteiger partial charge on any atom is 0.342 e. The first-order valence-corrected chi connectivity index (χ1v) is 10.5. The van der Waals surface area contributed by atoms with Crippen LogP contribution in [0.3, 0.4) is 0 Å². The number of furan rings is 1. The van der Waals surface area contributed by atoms with Gasteiger partial charge < -0.3 is 19.0 Å². The smallest absolute Gasteiger partial charge is 0.342 e. The molecule has 1 aromatic carbocycles. The molecule has 0 saturated heterocycles. The molecule has 1 heterocycles. The van der Waals surface area contributed by atoms with Gasteiger partial charge in [-0.05, 0) is 44.9 Å². The summed E-state index contributed by atoms with van der Waals surface area (Å²) < 4.78 is 16.1. The fourth-order valence-corrected chi connectivity index (χ4v) is 3.90. The van der Waals surface area contributed by atoms with E-state index in [1.807, 2.05) is 0 Å². The third kappa shape index (κ3) is 5.19. The van der Waals surface area contributed by atoms with Gasteiger partial charge in [0, 0.05) is 5.39 Å². The van der Waals surface area contributed by atoms with Gasteiger partial charge in [0.25, 0.3) is 5.91 Å². The van der Waals surface area contributed by atoms with Crippen molar-refractivity contribution in [1.82, 2.24) is 10.9 Å². The average molecular weight is 446 g/mol. The number of aryl methyl sites for hydroxylation is 1. The molecule has 0 aliphatic heterocycles. The van der Waals surface area contributed by atoms with Gasteiger partial charge in [-0.15, -0.1) is 0 Å². The number of carbonyl (C=O) groups excluding carboxylic acids is 3. The van der Waals surface area contributed by atoms with E-state index in [0.29, 0.717) is 40.9 Å². The molecule has 1 aliphatic carbocycles. The zero-order chi connectivity index (χ0) is 23.3. The quantitative estimate of drug-likeness (QED) is 0.434. The first-order chi connectivity index (χ1) is 15.3. The van der Waals surface area contributed by atoms with Gasteiger partial charge in [0.2, 0.25) is 5.91 Å². The molecule has 0 spiro atoms. The predicted molar refractivity (Wildman–Crippen MR) is 112 cm³/mol. The van der Waals surface area contributed by atoms with Crippen molar-refractivity contribution in [1.29, 1.82) is 0 Å². The summed E-state index contributed by atoms with van der Waals surface area (Å²) in [6.45, 7) is 3.19. The maximum atomic E-state index is 12.3. The van der Waals surface area contributed by atoms with Crippen molar-refractivity contribution in [2.75, 3.05) is 13.2 Å². The van der Waals surface area contributed by atoms with Crippen LogP contribution < -0.4 is 15.6 Å². The van der Waals surface area contributed by atoms with Gasteiger partial charge in [0.05, 0.1) is 18.4 Å². The Morgan fingerprint density at radius 2 is 1.84 bits per heavy atom. The second-order valence-corrected chi connectivity index (χ2v) is 7.57. The normalized spacial score (nSPS) is 18.1. The van der Waals surface area contributed by atoms with Gasteiger partial charge in [-0.1, -0.05) is 12.8 Å². The molecule has 3 rings (SSSR count). The number of hydrogen-bond donors (Lipinski definition) is 3. The van der Waals surface area contributed by atoms with Gasteiger partial charge in [0.15, 0.2) is 6.61 Å². The Kier molecular flexibility index (Phi) is 7.34. The predicted octanol–water partition coefficient (Wildman–Crippen LogP) is 2.34. The van der Waals surface area contributed by atoms with Crippen molar-refractivity contribution >= 4 is 34.7 Å². The van der Waals surface area contributed by atoms with Crippen LogP contribution in [-0.2, 0) is 19.1 Å². The van der Waals surface area contributed by atoms with Gasteiger partial charge in [-0.3, -0.25) is 25.2 Å². The number of nitrogens with one attached hydrogen (secondary N) is 2. The number of carbonyl (C=O) groups is 4. The molecule has 0 bridgehead atoms. The van der Waals surface area contributed by atoms with E-state index in [1.165, 1.54) is 0 Å². The molecule has 32 heavy (non-hydrogen) atoms. The van der Waals surface area contributed by atoms with E-state index in [4.69, 9.17) is 13.9 Å². The molecule has 2 atom stereocenters. The first-order valence-electron chi connectivity index (χ1n) is 10.5. The van der Waals surface area contributed by atoms with E-state index >= 15 is 0 Å². The van der Waals surface area contributed by atoms with Crippen molar-refractivity contribution in [3.63, 3.8) is 0 Å². The third-order valence-corrected chi connectivity index (χ3v) is 5.43. The Bertz CT molecular complexity index is 1030. The average Bonchev–Trinajstić information content (AvgIpc) is 3.11. The minimum atomic E-state index is -1.01. The number of amides is 2. The van der Waals surface area contributed by atoms with E-state index in [1.54, 1.807) is 32.0 Å². The number of ether oxygens (including phenoxy) is 2. The highest BCUT2D eigenvalue weighted by Crippen LogP contribution is 2.31. The molecule has 1 saturated carbocycles.